The van der Waals surface area contributed by atoms with E-state index >= 15 is 0 Å². The van der Waals surface area contributed by atoms with E-state index in [1.54, 1.807) is 18.2 Å². The van der Waals surface area contributed by atoms with Crippen LogP contribution < -0.4 is 10.6 Å². The van der Waals surface area contributed by atoms with Gasteiger partial charge in [-0.2, -0.15) is 0 Å². The van der Waals surface area contributed by atoms with Crippen LogP contribution in [0.2, 0.25) is 10.0 Å². The number of hydrogen-bond acceptors (Lipinski definition) is 1. The SMILES string of the molecule is CC(C)C(CNC(=O)Nc1cc(Cl)ccc1Cl)C(C)C. The van der Waals surface area contributed by atoms with Gasteiger partial charge in [-0.3, -0.25) is 0 Å². The van der Waals surface area contributed by atoms with Crippen LogP contribution in [0.15, 0.2) is 18.2 Å². The summed E-state index contributed by atoms with van der Waals surface area (Å²) in [4.78, 5) is 11.9. The number of halogens is 2. The van der Waals surface area contributed by atoms with Gasteiger partial charge >= 0.3 is 6.03 Å². The van der Waals surface area contributed by atoms with E-state index in [0.717, 1.165) is 0 Å². The smallest absolute Gasteiger partial charge is 0.319 e. The first-order valence-electron chi connectivity index (χ1n) is 6.81. The van der Waals surface area contributed by atoms with E-state index in [9.17, 15) is 4.79 Å². The van der Waals surface area contributed by atoms with Crippen molar-refractivity contribution in [1.29, 1.82) is 0 Å². The van der Waals surface area contributed by atoms with E-state index in [2.05, 4.69) is 38.3 Å². The quantitative estimate of drug-likeness (QED) is 0.784. The van der Waals surface area contributed by atoms with Crippen LogP contribution in [-0.2, 0) is 0 Å². The monoisotopic (exact) mass is 316 g/mol. The minimum atomic E-state index is -0.263. The first kappa shape index (κ1) is 17.1. The molecule has 0 aliphatic heterocycles. The predicted molar refractivity (Wildman–Crippen MR) is 86.6 cm³/mol. The fourth-order valence-corrected chi connectivity index (χ4v) is 2.55. The van der Waals surface area contributed by atoms with Crippen molar-refractivity contribution in [2.75, 3.05) is 11.9 Å². The molecule has 0 bridgehead atoms. The summed E-state index contributed by atoms with van der Waals surface area (Å²) in [7, 11) is 0. The van der Waals surface area contributed by atoms with Gasteiger partial charge in [0.15, 0.2) is 0 Å². The van der Waals surface area contributed by atoms with Gasteiger partial charge in [-0.15, -0.1) is 0 Å². The molecule has 2 N–H and O–H groups in total. The van der Waals surface area contributed by atoms with Crippen molar-refractivity contribution >= 4 is 34.9 Å². The third-order valence-electron chi connectivity index (χ3n) is 3.39. The van der Waals surface area contributed by atoms with Crippen LogP contribution in [0.5, 0.6) is 0 Å². The fraction of sp³-hybridized carbons (Fsp3) is 0.533. The normalized spacial score (nSPS) is 11.2. The predicted octanol–water partition coefficient (Wildman–Crippen LogP) is 5.04. The average Bonchev–Trinajstić information content (AvgIpc) is 2.33. The fourth-order valence-electron chi connectivity index (χ4n) is 2.21. The van der Waals surface area contributed by atoms with E-state index in [-0.39, 0.29) is 6.03 Å². The number of anilines is 1. The highest BCUT2D eigenvalue weighted by molar-refractivity contribution is 6.35. The molecule has 0 unspecified atom stereocenters. The maximum atomic E-state index is 11.9. The lowest BCUT2D eigenvalue weighted by Crippen LogP contribution is -2.36. The van der Waals surface area contributed by atoms with Crippen LogP contribution in [0.4, 0.5) is 10.5 Å². The molecule has 2 amide bonds. The Morgan fingerprint density at radius 2 is 1.75 bits per heavy atom. The summed E-state index contributed by atoms with van der Waals surface area (Å²) in [6.07, 6.45) is 0. The van der Waals surface area contributed by atoms with Gasteiger partial charge in [0.05, 0.1) is 10.7 Å². The van der Waals surface area contributed by atoms with Crippen molar-refractivity contribution in [2.24, 2.45) is 17.8 Å². The molecule has 0 saturated heterocycles. The van der Waals surface area contributed by atoms with Gasteiger partial charge in [-0.25, -0.2) is 4.79 Å². The van der Waals surface area contributed by atoms with E-state index in [1.807, 2.05) is 0 Å². The Kier molecular flexibility index (Phi) is 6.63. The molecule has 20 heavy (non-hydrogen) atoms. The molecule has 0 aliphatic carbocycles. The van der Waals surface area contributed by atoms with E-state index < -0.39 is 0 Å². The highest BCUT2D eigenvalue weighted by Crippen LogP contribution is 2.25. The Labute approximate surface area is 131 Å². The van der Waals surface area contributed by atoms with Crippen LogP contribution in [0.1, 0.15) is 27.7 Å². The zero-order valence-corrected chi connectivity index (χ0v) is 13.8. The number of carbonyl (C=O) groups is 1. The summed E-state index contributed by atoms with van der Waals surface area (Å²) in [6, 6.07) is 4.71. The van der Waals surface area contributed by atoms with Crippen LogP contribution in [0.25, 0.3) is 0 Å². The number of amides is 2. The number of hydrogen-bond donors (Lipinski definition) is 2. The van der Waals surface area contributed by atoms with Crippen molar-refractivity contribution in [2.45, 2.75) is 27.7 Å². The molecule has 0 saturated carbocycles. The Morgan fingerprint density at radius 3 is 2.30 bits per heavy atom. The molecule has 0 spiro atoms. The Balaban J connectivity index is 2.57. The van der Waals surface area contributed by atoms with Crippen molar-refractivity contribution in [1.82, 2.24) is 5.32 Å². The molecule has 0 radical (unpaired) electrons. The second-order valence-corrected chi connectivity index (χ2v) is 6.45. The third-order valence-corrected chi connectivity index (χ3v) is 3.95. The molecule has 5 heteroatoms. The molecule has 3 nitrogen and oxygen atoms in total. The molecular formula is C15H22Cl2N2O. The van der Waals surface area contributed by atoms with Crippen molar-refractivity contribution < 1.29 is 4.79 Å². The Morgan fingerprint density at radius 1 is 1.15 bits per heavy atom. The average molecular weight is 317 g/mol. The maximum absolute atomic E-state index is 11.9. The van der Waals surface area contributed by atoms with Crippen LogP contribution in [-0.4, -0.2) is 12.6 Å². The number of carbonyl (C=O) groups excluding carboxylic acids is 1. The minimum absolute atomic E-state index is 0.263. The van der Waals surface area contributed by atoms with Gasteiger partial charge in [-0.1, -0.05) is 50.9 Å². The highest BCUT2D eigenvalue weighted by Gasteiger charge is 2.18. The number of urea groups is 1. The summed E-state index contributed by atoms with van der Waals surface area (Å²) in [5, 5.41) is 6.61. The number of benzene rings is 1. The molecular weight excluding hydrogens is 295 g/mol. The molecule has 0 aromatic heterocycles. The van der Waals surface area contributed by atoms with Gasteiger partial charge in [0.2, 0.25) is 0 Å². The summed E-state index contributed by atoms with van der Waals surface area (Å²) >= 11 is 11.9. The van der Waals surface area contributed by atoms with Crippen LogP contribution in [0, 0.1) is 17.8 Å². The minimum Gasteiger partial charge on any atom is -0.338 e. The van der Waals surface area contributed by atoms with Gasteiger partial charge in [-0.05, 0) is 36.0 Å². The molecule has 0 atom stereocenters. The molecule has 1 aromatic rings. The third kappa shape index (κ3) is 5.22. The van der Waals surface area contributed by atoms with Crippen molar-refractivity contribution in [3.8, 4) is 0 Å². The summed E-state index contributed by atoms with van der Waals surface area (Å²) < 4.78 is 0. The zero-order chi connectivity index (χ0) is 15.3. The maximum Gasteiger partial charge on any atom is 0.319 e. The van der Waals surface area contributed by atoms with E-state index in [0.29, 0.717) is 40.0 Å². The van der Waals surface area contributed by atoms with Gasteiger partial charge < -0.3 is 10.6 Å². The van der Waals surface area contributed by atoms with Gasteiger partial charge in [0.1, 0.15) is 0 Å². The Hall–Kier alpha value is -0.930. The first-order valence-corrected chi connectivity index (χ1v) is 7.56. The highest BCUT2D eigenvalue weighted by atomic mass is 35.5. The topological polar surface area (TPSA) is 41.1 Å². The van der Waals surface area contributed by atoms with E-state index in [4.69, 9.17) is 23.2 Å². The largest absolute Gasteiger partial charge is 0.338 e. The second-order valence-electron chi connectivity index (χ2n) is 5.61. The lowest BCUT2D eigenvalue weighted by atomic mass is 9.85. The van der Waals surface area contributed by atoms with Crippen molar-refractivity contribution in [3.63, 3.8) is 0 Å². The molecule has 1 aromatic carbocycles. The summed E-state index contributed by atoms with van der Waals surface area (Å²) in [5.74, 6) is 1.48. The van der Waals surface area contributed by atoms with Crippen LogP contribution >= 0.6 is 23.2 Å². The standard InChI is InChI=1S/C15H22Cl2N2O/c1-9(2)12(10(3)4)8-18-15(20)19-14-7-11(16)5-6-13(14)17/h5-7,9-10,12H,8H2,1-4H3,(H2,18,19,20). The second kappa shape index (κ2) is 7.75. The zero-order valence-electron chi connectivity index (χ0n) is 12.3. The first-order chi connectivity index (χ1) is 9.31. The molecule has 0 heterocycles. The summed E-state index contributed by atoms with van der Waals surface area (Å²) in [5.41, 5.74) is 0.516. The van der Waals surface area contributed by atoms with Crippen LogP contribution in [0.3, 0.4) is 0 Å². The van der Waals surface area contributed by atoms with Gasteiger partial charge in [0, 0.05) is 11.6 Å². The molecule has 0 aliphatic rings. The van der Waals surface area contributed by atoms with Gasteiger partial charge in [0.25, 0.3) is 0 Å². The van der Waals surface area contributed by atoms with Crippen molar-refractivity contribution in [3.05, 3.63) is 28.2 Å². The molecule has 0 fully saturated rings. The molecule has 1 rings (SSSR count). The molecule has 112 valence electrons. The lowest BCUT2D eigenvalue weighted by Gasteiger charge is -2.25. The van der Waals surface area contributed by atoms with E-state index in [1.165, 1.54) is 0 Å². The Bertz CT molecular complexity index is 453. The number of nitrogens with one attached hydrogen (secondary N) is 2. The summed E-state index contributed by atoms with van der Waals surface area (Å²) in [6.45, 7) is 9.30. The number of rotatable bonds is 5. The lowest BCUT2D eigenvalue weighted by molar-refractivity contribution is 0.239.